The smallest absolute Gasteiger partial charge is 0.323 e. The Bertz CT molecular complexity index is 576. The Hall–Kier alpha value is -1.95. The first-order chi connectivity index (χ1) is 11.4. The number of likely N-dealkylation sites (N-methyl/N-ethyl adjacent to an activating group) is 1. The van der Waals surface area contributed by atoms with Gasteiger partial charge in [-0.1, -0.05) is 24.9 Å². The number of carbonyl (C=O) groups excluding carboxylic acids is 1. The summed E-state index contributed by atoms with van der Waals surface area (Å²) in [4.78, 5) is 24.6. The lowest BCUT2D eigenvalue weighted by atomic mass is 10.1. The van der Waals surface area contributed by atoms with Crippen LogP contribution in [0.2, 0.25) is 5.02 Å². The molecule has 7 heteroatoms. The van der Waals surface area contributed by atoms with Crippen molar-refractivity contribution in [1.82, 2.24) is 4.90 Å². The monoisotopic (exact) mass is 357 g/mol. The van der Waals surface area contributed by atoms with E-state index in [0.717, 1.165) is 12.8 Å². The average molecular weight is 358 g/mol. The van der Waals surface area contributed by atoms with Gasteiger partial charge in [-0.2, -0.15) is 0 Å². The van der Waals surface area contributed by atoms with Crippen molar-refractivity contribution in [2.75, 3.05) is 26.3 Å². The number of ether oxygens (including phenoxy) is 2. The summed E-state index contributed by atoms with van der Waals surface area (Å²) in [5, 5.41) is 9.17. The van der Waals surface area contributed by atoms with Gasteiger partial charge in [0.2, 0.25) is 0 Å². The van der Waals surface area contributed by atoms with Crippen LogP contribution in [0.5, 0.6) is 11.5 Å². The first kappa shape index (κ1) is 20.1. The number of halogens is 1. The highest BCUT2D eigenvalue weighted by atomic mass is 35.5. The molecular weight excluding hydrogens is 334 g/mol. The molecule has 134 valence electrons. The minimum Gasteiger partial charge on any atom is -0.490 e. The van der Waals surface area contributed by atoms with Crippen molar-refractivity contribution >= 4 is 23.5 Å². The van der Waals surface area contributed by atoms with E-state index in [-0.39, 0.29) is 23.7 Å². The highest BCUT2D eigenvalue weighted by Crippen LogP contribution is 2.37. The van der Waals surface area contributed by atoms with Gasteiger partial charge in [0.1, 0.15) is 6.54 Å². The van der Waals surface area contributed by atoms with Gasteiger partial charge in [-0.15, -0.1) is 0 Å². The van der Waals surface area contributed by atoms with E-state index in [1.54, 1.807) is 13.0 Å². The molecule has 0 saturated heterocycles. The maximum atomic E-state index is 12.5. The SMILES string of the molecule is CCCCOc1c(Cl)cc(C(=O)N(CC)CC(=O)O)cc1OCC. The Labute approximate surface area is 147 Å². The summed E-state index contributed by atoms with van der Waals surface area (Å²) in [6.45, 7) is 6.40. The molecule has 0 aliphatic heterocycles. The minimum atomic E-state index is -1.07. The molecule has 0 saturated carbocycles. The van der Waals surface area contributed by atoms with Crippen LogP contribution >= 0.6 is 11.6 Å². The van der Waals surface area contributed by atoms with E-state index in [1.165, 1.54) is 11.0 Å². The second-order valence-corrected chi connectivity index (χ2v) is 5.54. The molecule has 0 spiro atoms. The molecule has 0 unspecified atom stereocenters. The number of hydrogen-bond acceptors (Lipinski definition) is 4. The van der Waals surface area contributed by atoms with Gasteiger partial charge in [0, 0.05) is 12.1 Å². The van der Waals surface area contributed by atoms with Crippen molar-refractivity contribution in [3.05, 3.63) is 22.7 Å². The van der Waals surface area contributed by atoms with E-state index in [2.05, 4.69) is 6.92 Å². The van der Waals surface area contributed by atoms with E-state index < -0.39 is 11.9 Å². The molecule has 0 bridgehead atoms. The summed E-state index contributed by atoms with van der Waals surface area (Å²) in [6, 6.07) is 3.03. The number of amides is 1. The molecule has 6 nitrogen and oxygen atoms in total. The lowest BCUT2D eigenvalue weighted by Gasteiger charge is -2.20. The fraction of sp³-hybridized carbons (Fsp3) is 0.529. The van der Waals surface area contributed by atoms with E-state index in [4.69, 9.17) is 26.2 Å². The summed E-state index contributed by atoms with van der Waals surface area (Å²) < 4.78 is 11.2. The standard InChI is InChI=1S/C17H24ClNO5/c1-4-7-8-24-16-13(18)9-12(10-14(16)23-6-3)17(22)19(5-2)11-15(20)21/h9-10H,4-8,11H2,1-3H3,(H,20,21). The summed E-state index contributed by atoms with van der Waals surface area (Å²) in [5.41, 5.74) is 0.273. The van der Waals surface area contributed by atoms with Crippen LogP contribution in [0.1, 0.15) is 44.0 Å². The molecule has 0 aliphatic rings. The zero-order chi connectivity index (χ0) is 18.1. The van der Waals surface area contributed by atoms with E-state index >= 15 is 0 Å². The van der Waals surface area contributed by atoms with Gasteiger partial charge >= 0.3 is 5.97 Å². The third-order valence-corrected chi connectivity index (χ3v) is 3.58. The Kier molecular flexibility index (Phi) is 8.40. The van der Waals surface area contributed by atoms with Gasteiger partial charge in [0.25, 0.3) is 5.91 Å². The second kappa shape index (κ2) is 10.0. The van der Waals surface area contributed by atoms with Gasteiger partial charge < -0.3 is 19.5 Å². The maximum Gasteiger partial charge on any atom is 0.323 e. The molecule has 1 aromatic rings. The van der Waals surface area contributed by atoms with Crippen molar-refractivity contribution in [3.8, 4) is 11.5 Å². The average Bonchev–Trinajstić information content (AvgIpc) is 2.54. The normalized spacial score (nSPS) is 10.3. The molecular formula is C17H24ClNO5. The molecule has 1 amide bonds. The van der Waals surface area contributed by atoms with Crippen LogP contribution in [0.4, 0.5) is 0 Å². The quantitative estimate of drug-likeness (QED) is 0.649. The van der Waals surface area contributed by atoms with Gasteiger partial charge in [0.05, 0.1) is 18.2 Å². The van der Waals surface area contributed by atoms with Crippen LogP contribution < -0.4 is 9.47 Å². The van der Waals surface area contributed by atoms with Crippen LogP contribution in [0.15, 0.2) is 12.1 Å². The molecule has 0 aliphatic carbocycles. The number of aliphatic carboxylic acids is 1. The predicted octanol–water partition coefficient (Wildman–Crippen LogP) is 3.46. The van der Waals surface area contributed by atoms with Crippen molar-refractivity contribution in [2.24, 2.45) is 0 Å². The first-order valence-electron chi connectivity index (χ1n) is 8.04. The summed E-state index contributed by atoms with van der Waals surface area (Å²) in [7, 11) is 0. The Morgan fingerprint density at radius 2 is 1.92 bits per heavy atom. The molecule has 0 atom stereocenters. The number of carboxylic acids is 1. The Balaban J connectivity index is 3.11. The maximum absolute atomic E-state index is 12.5. The fourth-order valence-corrected chi connectivity index (χ4v) is 2.35. The molecule has 0 radical (unpaired) electrons. The number of nitrogens with zero attached hydrogens (tertiary/aromatic N) is 1. The molecule has 24 heavy (non-hydrogen) atoms. The molecule has 0 aromatic heterocycles. The third-order valence-electron chi connectivity index (χ3n) is 3.30. The van der Waals surface area contributed by atoms with Crippen LogP contribution in [-0.4, -0.2) is 48.2 Å². The summed E-state index contributed by atoms with van der Waals surface area (Å²) >= 11 is 6.25. The van der Waals surface area contributed by atoms with E-state index in [1.807, 2.05) is 6.92 Å². The van der Waals surface area contributed by atoms with Crippen molar-refractivity contribution < 1.29 is 24.2 Å². The van der Waals surface area contributed by atoms with Crippen LogP contribution in [0.25, 0.3) is 0 Å². The number of hydrogen-bond donors (Lipinski definition) is 1. The zero-order valence-corrected chi connectivity index (χ0v) is 15.1. The van der Waals surface area contributed by atoms with Crippen LogP contribution in [0, 0.1) is 0 Å². The second-order valence-electron chi connectivity index (χ2n) is 5.13. The molecule has 1 N–H and O–H groups in total. The lowest BCUT2D eigenvalue weighted by Crippen LogP contribution is -2.35. The largest absolute Gasteiger partial charge is 0.490 e. The van der Waals surface area contributed by atoms with E-state index in [0.29, 0.717) is 24.7 Å². The highest BCUT2D eigenvalue weighted by molar-refractivity contribution is 6.32. The van der Waals surface area contributed by atoms with Crippen molar-refractivity contribution in [2.45, 2.75) is 33.6 Å². The van der Waals surface area contributed by atoms with Gasteiger partial charge in [-0.3, -0.25) is 9.59 Å². The minimum absolute atomic E-state index is 0.270. The lowest BCUT2D eigenvalue weighted by molar-refractivity contribution is -0.137. The topological polar surface area (TPSA) is 76.1 Å². The number of carboxylic acid groups (broad SMARTS) is 1. The van der Waals surface area contributed by atoms with Gasteiger partial charge in [-0.05, 0) is 32.4 Å². The molecule has 1 rings (SSSR count). The van der Waals surface area contributed by atoms with Crippen molar-refractivity contribution in [3.63, 3.8) is 0 Å². The molecule has 0 heterocycles. The molecule has 0 fully saturated rings. The first-order valence-corrected chi connectivity index (χ1v) is 8.42. The summed E-state index contributed by atoms with van der Waals surface area (Å²) in [5.74, 6) is -0.690. The fourth-order valence-electron chi connectivity index (χ4n) is 2.09. The Morgan fingerprint density at radius 1 is 1.21 bits per heavy atom. The number of benzene rings is 1. The number of rotatable bonds is 10. The molecule has 1 aromatic carbocycles. The third kappa shape index (κ3) is 5.60. The van der Waals surface area contributed by atoms with E-state index in [9.17, 15) is 9.59 Å². The zero-order valence-electron chi connectivity index (χ0n) is 14.3. The number of unbranched alkanes of at least 4 members (excludes halogenated alkanes) is 1. The summed E-state index contributed by atoms with van der Waals surface area (Å²) in [6.07, 6.45) is 1.86. The number of carbonyl (C=O) groups is 2. The Morgan fingerprint density at radius 3 is 2.46 bits per heavy atom. The van der Waals surface area contributed by atoms with Crippen LogP contribution in [-0.2, 0) is 4.79 Å². The van der Waals surface area contributed by atoms with Crippen LogP contribution in [0.3, 0.4) is 0 Å². The highest BCUT2D eigenvalue weighted by Gasteiger charge is 2.21. The van der Waals surface area contributed by atoms with Gasteiger partial charge in [0.15, 0.2) is 11.5 Å². The van der Waals surface area contributed by atoms with Gasteiger partial charge in [-0.25, -0.2) is 0 Å². The predicted molar refractivity (Wildman–Crippen MR) is 92.2 cm³/mol. The van der Waals surface area contributed by atoms with Crippen molar-refractivity contribution in [1.29, 1.82) is 0 Å².